The molecule has 4 nitrogen and oxygen atoms in total. The third kappa shape index (κ3) is 5.17. The van der Waals surface area contributed by atoms with Crippen LogP contribution in [-0.4, -0.2) is 37.8 Å². The first-order chi connectivity index (χ1) is 14.8. The van der Waals surface area contributed by atoms with Gasteiger partial charge in [-0.1, -0.05) is 42.5 Å². The number of para-hydroxylation sites is 2. The number of hydrogen-bond acceptors (Lipinski definition) is 4. The fourth-order valence-corrected chi connectivity index (χ4v) is 3.78. The molecular formula is C25H27FN2O2. The summed E-state index contributed by atoms with van der Waals surface area (Å²) in [5.41, 5.74) is 1.04. The molecule has 1 heterocycles. The average molecular weight is 407 g/mol. The van der Waals surface area contributed by atoms with Crippen molar-refractivity contribution in [3.05, 3.63) is 84.4 Å². The minimum Gasteiger partial charge on any atom is -0.453 e. The van der Waals surface area contributed by atoms with E-state index in [1.54, 1.807) is 0 Å². The van der Waals surface area contributed by atoms with Crippen LogP contribution >= 0.6 is 0 Å². The molecule has 3 aromatic rings. The maximum Gasteiger partial charge on any atom is 0.170 e. The van der Waals surface area contributed by atoms with Gasteiger partial charge in [-0.25, -0.2) is 0 Å². The summed E-state index contributed by atoms with van der Waals surface area (Å²) >= 11 is 0. The summed E-state index contributed by atoms with van der Waals surface area (Å²) in [5, 5.41) is 3.36. The Labute approximate surface area is 177 Å². The smallest absolute Gasteiger partial charge is 0.170 e. The highest BCUT2D eigenvalue weighted by molar-refractivity contribution is 5.48. The second kappa shape index (κ2) is 10.2. The summed E-state index contributed by atoms with van der Waals surface area (Å²) < 4.78 is 25.7. The number of hydrogen-bond donors (Lipinski definition) is 1. The van der Waals surface area contributed by atoms with Gasteiger partial charge in [0.15, 0.2) is 11.5 Å². The Kier molecular flexibility index (Phi) is 6.95. The van der Waals surface area contributed by atoms with Crippen LogP contribution in [0.5, 0.6) is 23.0 Å². The molecule has 1 aliphatic heterocycles. The molecule has 30 heavy (non-hydrogen) atoms. The van der Waals surface area contributed by atoms with Gasteiger partial charge in [-0.2, -0.15) is 0 Å². The molecule has 3 aromatic carbocycles. The minimum atomic E-state index is -0.355. The molecule has 0 amide bonds. The van der Waals surface area contributed by atoms with E-state index in [9.17, 15) is 4.39 Å². The van der Waals surface area contributed by atoms with Crippen LogP contribution in [0.3, 0.4) is 0 Å². The van der Waals surface area contributed by atoms with Crippen LogP contribution in [0.25, 0.3) is 0 Å². The highest BCUT2D eigenvalue weighted by Gasteiger charge is 2.23. The molecule has 156 valence electrons. The largest absolute Gasteiger partial charge is 0.453 e. The van der Waals surface area contributed by atoms with Gasteiger partial charge in [0.2, 0.25) is 0 Å². The van der Waals surface area contributed by atoms with Crippen LogP contribution in [-0.2, 0) is 0 Å². The van der Waals surface area contributed by atoms with Crippen molar-refractivity contribution < 1.29 is 13.9 Å². The average Bonchev–Trinajstić information content (AvgIpc) is 2.81. The molecular weight excluding hydrogens is 379 g/mol. The SMILES string of the molecule is FCC[C@@H](c1ccc(Oc2ccccc2)c(Oc2ccccc2)c1)N1CCNCC1. The monoisotopic (exact) mass is 406 g/mol. The first-order valence-electron chi connectivity index (χ1n) is 10.4. The number of ether oxygens (including phenoxy) is 2. The van der Waals surface area contributed by atoms with E-state index in [1.165, 1.54) is 0 Å². The first-order valence-corrected chi connectivity index (χ1v) is 10.4. The van der Waals surface area contributed by atoms with E-state index >= 15 is 0 Å². The van der Waals surface area contributed by atoms with E-state index < -0.39 is 0 Å². The van der Waals surface area contributed by atoms with Crippen LogP contribution in [0.2, 0.25) is 0 Å². The number of piperazine rings is 1. The number of benzene rings is 3. The molecule has 1 saturated heterocycles. The molecule has 0 saturated carbocycles. The molecule has 0 aromatic heterocycles. The van der Waals surface area contributed by atoms with Crippen LogP contribution in [0, 0.1) is 0 Å². The van der Waals surface area contributed by atoms with Crippen LogP contribution in [0.15, 0.2) is 78.9 Å². The zero-order valence-corrected chi connectivity index (χ0v) is 17.0. The van der Waals surface area contributed by atoms with E-state index in [0.717, 1.165) is 43.2 Å². The zero-order valence-electron chi connectivity index (χ0n) is 17.0. The number of rotatable bonds is 8. The molecule has 0 aliphatic carbocycles. The van der Waals surface area contributed by atoms with Gasteiger partial charge < -0.3 is 14.8 Å². The Bertz CT molecular complexity index is 915. The van der Waals surface area contributed by atoms with Crippen molar-refractivity contribution >= 4 is 0 Å². The maximum atomic E-state index is 13.4. The summed E-state index contributed by atoms with van der Waals surface area (Å²) in [6, 6.07) is 25.2. The minimum absolute atomic E-state index is 0.0148. The second-order valence-electron chi connectivity index (χ2n) is 7.32. The normalized spacial score (nSPS) is 15.5. The summed E-state index contributed by atoms with van der Waals surface area (Å²) in [4.78, 5) is 2.34. The van der Waals surface area contributed by atoms with Gasteiger partial charge in [0.25, 0.3) is 0 Å². The third-order valence-corrected chi connectivity index (χ3v) is 5.27. The number of alkyl halides is 1. The highest BCUT2D eigenvalue weighted by Crippen LogP contribution is 2.38. The summed E-state index contributed by atoms with van der Waals surface area (Å²) in [6.45, 7) is 3.30. The van der Waals surface area contributed by atoms with Crippen molar-refractivity contribution in [2.24, 2.45) is 0 Å². The molecule has 1 fully saturated rings. The van der Waals surface area contributed by atoms with Gasteiger partial charge in [-0.3, -0.25) is 9.29 Å². The van der Waals surface area contributed by atoms with Crippen LogP contribution in [0.1, 0.15) is 18.0 Å². The Hall–Kier alpha value is -2.89. The van der Waals surface area contributed by atoms with Crippen LogP contribution < -0.4 is 14.8 Å². The Balaban J connectivity index is 1.66. The first kappa shape index (κ1) is 20.4. The maximum absolute atomic E-state index is 13.4. The third-order valence-electron chi connectivity index (χ3n) is 5.27. The predicted octanol–water partition coefficient (Wildman–Crippen LogP) is 5.58. The molecule has 0 radical (unpaired) electrons. The summed E-state index contributed by atoms with van der Waals surface area (Å²) in [7, 11) is 0. The lowest BCUT2D eigenvalue weighted by Gasteiger charge is -2.35. The second-order valence-corrected chi connectivity index (χ2v) is 7.32. The van der Waals surface area contributed by atoms with E-state index in [0.29, 0.717) is 17.9 Å². The number of nitrogens with one attached hydrogen (secondary N) is 1. The standard InChI is InChI=1S/C25H27FN2O2/c26-14-13-23(28-17-15-27-16-18-28)20-11-12-24(29-21-7-3-1-4-8-21)25(19-20)30-22-9-5-2-6-10-22/h1-12,19,23,27H,13-18H2/t23-/m0/s1. The molecule has 0 unspecified atom stereocenters. The van der Waals surface area contributed by atoms with Gasteiger partial charge >= 0.3 is 0 Å². The Morgan fingerprint density at radius 2 is 1.40 bits per heavy atom. The van der Waals surface area contributed by atoms with Crippen molar-refractivity contribution in [1.29, 1.82) is 0 Å². The van der Waals surface area contributed by atoms with Crippen molar-refractivity contribution in [3.8, 4) is 23.0 Å². The number of nitrogens with zero attached hydrogens (tertiary/aromatic N) is 1. The highest BCUT2D eigenvalue weighted by atomic mass is 19.1. The Morgan fingerprint density at radius 1 is 0.800 bits per heavy atom. The summed E-state index contributed by atoms with van der Waals surface area (Å²) in [5.74, 6) is 2.73. The van der Waals surface area contributed by atoms with Crippen LogP contribution in [0.4, 0.5) is 4.39 Å². The lowest BCUT2D eigenvalue weighted by Crippen LogP contribution is -2.45. The van der Waals surface area contributed by atoms with E-state index in [-0.39, 0.29) is 12.7 Å². The zero-order chi connectivity index (χ0) is 20.6. The lowest BCUT2D eigenvalue weighted by atomic mass is 10.0. The lowest BCUT2D eigenvalue weighted by molar-refractivity contribution is 0.157. The molecule has 0 spiro atoms. The molecule has 0 bridgehead atoms. The van der Waals surface area contributed by atoms with Gasteiger partial charge in [-0.05, 0) is 48.4 Å². The van der Waals surface area contributed by atoms with Crippen molar-refractivity contribution in [3.63, 3.8) is 0 Å². The number of halogens is 1. The van der Waals surface area contributed by atoms with Gasteiger partial charge in [0.05, 0.1) is 6.67 Å². The summed E-state index contributed by atoms with van der Waals surface area (Å²) in [6.07, 6.45) is 0.462. The topological polar surface area (TPSA) is 33.7 Å². The predicted molar refractivity (Wildman–Crippen MR) is 117 cm³/mol. The quantitative estimate of drug-likeness (QED) is 0.530. The van der Waals surface area contributed by atoms with Gasteiger partial charge in [-0.15, -0.1) is 0 Å². The molecule has 1 aliphatic rings. The van der Waals surface area contributed by atoms with E-state index in [2.05, 4.69) is 10.2 Å². The van der Waals surface area contributed by atoms with Crippen molar-refractivity contribution in [1.82, 2.24) is 10.2 Å². The molecule has 1 atom stereocenters. The Morgan fingerprint density at radius 3 is 2.00 bits per heavy atom. The van der Waals surface area contributed by atoms with Gasteiger partial charge in [0.1, 0.15) is 11.5 Å². The van der Waals surface area contributed by atoms with Gasteiger partial charge in [0, 0.05) is 32.2 Å². The fourth-order valence-electron chi connectivity index (χ4n) is 3.78. The fraction of sp³-hybridized carbons (Fsp3) is 0.280. The van der Waals surface area contributed by atoms with Crippen molar-refractivity contribution in [2.75, 3.05) is 32.9 Å². The van der Waals surface area contributed by atoms with E-state index in [4.69, 9.17) is 9.47 Å². The molecule has 5 heteroatoms. The van der Waals surface area contributed by atoms with E-state index in [1.807, 2.05) is 78.9 Å². The van der Waals surface area contributed by atoms with Crippen molar-refractivity contribution in [2.45, 2.75) is 12.5 Å². The molecule has 1 N–H and O–H groups in total. The molecule has 4 rings (SSSR count).